The van der Waals surface area contributed by atoms with Crippen LogP contribution in [0, 0.1) is 12.8 Å². The Kier molecular flexibility index (Phi) is 3.79. The van der Waals surface area contributed by atoms with Crippen molar-refractivity contribution < 1.29 is 4.79 Å². The summed E-state index contributed by atoms with van der Waals surface area (Å²) in [5.41, 5.74) is 8.46. The third-order valence-electron chi connectivity index (χ3n) is 4.53. The van der Waals surface area contributed by atoms with E-state index < -0.39 is 0 Å². The first-order valence-electron chi connectivity index (χ1n) is 7.75. The van der Waals surface area contributed by atoms with Gasteiger partial charge in [0.1, 0.15) is 0 Å². The molecular weight excluding hydrogens is 248 g/mol. The van der Waals surface area contributed by atoms with Crippen molar-refractivity contribution >= 4 is 5.91 Å². The highest BCUT2D eigenvalue weighted by molar-refractivity contribution is 5.80. The van der Waals surface area contributed by atoms with Gasteiger partial charge >= 0.3 is 0 Å². The van der Waals surface area contributed by atoms with E-state index in [0.29, 0.717) is 11.9 Å². The summed E-state index contributed by atoms with van der Waals surface area (Å²) in [7, 11) is 0. The van der Waals surface area contributed by atoms with Crippen molar-refractivity contribution in [1.29, 1.82) is 0 Å². The van der Waals surface area contributed by atoms with E-state index in [1.165, 1.54) is 11.1 Å². The molecule has 0 aromatic heterocycles. The van der Waals surface area contributed by atoms with Crippen LogP contribution in [-0.2, 0) is 11.3 Å². The maximum absolute atomic E-state index is 12.7. The van der Waals surface area contributed by atoms with Crippen LogP contribution in [0.2, 0.25) is 0 Å². The molecule has 0 spiro atoms. The highest BCUT2D eigenvalue weighted by atomic mass is 16.2. The Morgan fingerprint density at radius 3 is 2.70 bits per heavy atom. The fourth-order valence-electron chi connectivity index (χ4n) is 3.26. The molecule has 2 saturated carbocycles. The summed E-state index contributed by atoms with van der Waals surface area (Å²) in [6.45, 7) is 2.86. The van der Waals surface area contributed by atoms with E-state index in [-0.39, 0.29) is 12.0 Å². The van der Waals surface area contributed by atoms with Crippen molar-refractivity contribution in [2.75, 3.05) is 0 Å². The fourth-order valence-corrected chi connectivity index (χ4v) is 3.26. The molecule has 3 nitrogen and oxygen atoms in total. The second-order valence-electron chi connectivity index (χ2n) is 6.46. The summed E-state index contributed by atoms with van der Waals surface area (Å²) in [4.78, 5) is 14.8. The van der Waals surface area contributed by atoms with Crippen LogP contribution in [0.15, 0.2) is 24.3 Å². The number of carbonyl (C=O) groups is 1. The van der Waals surface area contributed by atoms with E-state index in [4.69, 9.17) is 5.73 Å². The van der Waals surface area contributed by atoms with Gasteiger partial charge in [-0.1, -0.05) is 29.8 Å². The molecule has 1 amide bonds. The van der Waals surface area contributed by atoms with E-state index in [1.54, 1.807) is 0 Å². The second kappa shape index (κ2) is 5.57. The molecule has 1 aromatic carbocycles. The summed E-state index contributed by atoms with van der Waals surface area (Å²) < 4.78 is 0. The zero-order valence-corrected chi connectivity index (χ0v) is 12.2. The van der Waals surface area contributed by atoms with Gasteiger partial charge in [-0.3, -0.25) is 4.79 Å². The molecule has 3 rings (SSSR count). The molecular formula is C17H24N2O. The van der Waals surface area contributed by atoms with Crippen LogP contribution in [0.4, 0.5) is 0 Å². The van der Waals surface area contributed by atoms with Gasteiger partial charge in [0.05, 0.1) is 0 Å². The first kappa shape index (κ1) is 13.6. The van der Waals surface area contributed by atoms with E-state index >= 15 is 0 Å². The number of carbonyl (C=O) groups excluding carboxylic acids is 1. The van der Waals surface area contributed by atoms with Crippen LogP contribution < -0.4 is 5.73 Å². The normalized spacial score (nSPS) is 25.7. The minimum absolute atomic E-state index is 0.162. The Morgan fingerprint density at radius 1 is 1.30 bits per heavy atom. The lowest BCUT2D eigenvalue weighted by Gasteiger charge is -2.26. The topological polar surface area (TPSA) is 46.3 Å². The van der Waals surface area contributed by atoms with Gasteiger partial charge in [0, 0.05) is 24.5 Å². The van der Waals surface area contributed by atoms with Gasteiger partial charge in [-0.15, -0.1) is 0 Å². The maximum atomic E-state index is 12.7. The number of hydrogen-bond acceptors (Lipinski definition) is 2. The van der Waals surface area contributed by atoms with Crippen molar-refractivity contribution in [2.45, 2.75) is 57.7 Å². The lowest BCUT2D eigenvalue weighted by atomic mass is 10.0. The molecule has 2 unspecified atom stereocenters. The number of amides is 1. The van der Waals surface area contributed by atoms with Crippen LogP contribution >= 0.6 is 0 Å². The molecule has 3 heteroatoms. The van der Waals surface area contributed by atoms with Crippen LogP contribution in [0.3, 0.4) is 0 Å². The predicted octanol–water partition coefficient (Wildman–Crippen LogP) is 2.61. The molecule has 0 saturated heterocycles. The third-order valence-corrected chi connectivity index (χ3v) is 4.53. The zero-order valence-electron chi connectivity index (χ0n) is 12.2. The van der Waals surface area contributed by atoms with Gasteiger partial charge in [0.25, 0.3) is 0 Å². The summed E-state index contributed by atoms with van der Waals surface area (Å²) in [6, 6.07) is 9.18. The molecule has 2 aliphatic rings. The standard InChI is InChI=1S/C17H24N2O/c1-12-3-2-4-13(9-12)11-19(16-7-8-16)17(20)14-5-6-15(18)10-14/h2-4,9,14-16H,5-8,10-11,18H2,1H3. The molecule has 0 radical (unpaired) electrons. The maximum Gasteiger partial charge on any atom is 0.226 e. The lowest BCUT2D eigenvalue weighted by molar-refractivity contribution is -0.136. The summed E-state index contributed by atoms with van der Waals surface area (Å²) in [6.07, 6.45) is 5.17. The summed E-state index contributed by atoms with van der Waals surface area (Å²) >= 11 is 0. The number of rotatable bonds is 4. The van der Waals surface area contributed by atoms with Gasteiger partial charge in [-0.05, 0) is 44.6 Å². The highest BCUT2D eigenvalue weighted by Gasteiger charge is 2.38. The zero-order chi connectivity index (χ0) is 14.1. The Bertz CT molecular complexity index is 496. The largest absolute Gasteiger partial charge is 0.335 e. The number of nitrogens with two attached hydrogens (primary N) is 1. The van der Waals surface area contributed by atoms with E-state index in [9.17, 15) is 4.79 Å². The Labute approximate surface area is 121 Å². The molecule has 0 aliphatic heterocycles. The first-order valence-corrected chi connectivity index (χ1v) is 7.75. The molecule has 2 N–H and O–H groups in total. The van der Waals surface area contributed by atoms with Crippen molar-refractivity contribution in [3.63, 3.8) is 0 Å². The highest BCUT2D eigenvalue weighted by Crippen LogP contribution is 2.33. The SMILES string of the molecule is Cc1cccc(CN(C(=O)C2CCC(N)C2)C2CC2)c1. The van der Waals surface area contributed by atoms with Crippen molar-refractivity contribution in [1.82, 2.24) is 4.90 Å². The first-order chi connectivity index (χ1) is 9.63. The van der Waals surface area contributed by atoms with E-state index in [2.05, 4.69) is 36.1 Å². The van der Waals surface area contributed by atoms with Crippen molar-refractivity contribution in [2.24, 2.45) is 11.7 Å². The summed E-state index contributed by atoms with van der Waals surface area (Å²) in [5, 5.41) is 0. The smallest absolute Gasteiger partial charge is 0.226 e. The van der Waals surface area contributed by atoms with Crippen molar-refractivity contribution in [3.8, 4) is 0 Å². The van der Waals surface area contributed by atoms with E-state index in [0.717, 1.165) is 38.6 Å². The van der Waals surface area contributed by atoms with Gasteiger partial charge in [-0.2, -0.15) is 0 Å². The number of aryl methyl sites for hydroxylation is 1. The Hall–Kier alpha value is -1.35. The van der Waals surface area contributed by atoms with Crippen LogP contribution in [0.25, 0.3) is 0 Å². The lowest BCUT2D eigenvalue weighted by Crippen LogP contribution is -2.37. The molecule has 20 heavy (non-hydrogen) atoms. The number of benzene rings is 1. The number of nitrogens with zero attached hydrogens (tertiary/aromatic N) is 1. The average Bonchev–Trinajstić information content (AvgIpc) is 3.17. The molecule has 2 aliphatic carbocycles. The minimum atomic E-state index is 0.162. The molecule has 108 valence electrons. The third kappa shape index (κ3) is 3.04. The molecule has 2 fully saturated rings. The monoisotopic (exact) mass is 272 g/mol. The van der Waals surface area contributed by atoms with Crippen LogP contribution in [0.5, 0.6) is 0 Å². The van der Waals surface area contributed by atoms with Crippen LogP contribution in [-0.4, -0.2) is 22.9 Å². The minimum Gasteiger partial charge on any atom is -0.335 e. The average molecular weight is 272 g/mol. The van der Waals surface area contributed by atoms with Gasteiger partial charge < -0.3 is 10.6 Å². The fraction of sp³-hybridized carbons (Fsp3) is 0.588. The van der Waals surface area contributed by atoms with Crippen molar-refractivity contribution in [3.05, 3.63) is 35.4 Å². The molecule has 0 bridgehead atoms. The molecule has 0 heterocycles. The van der Waals surface area contributed by atoms with Gasteiger partial charge in [0.2, 0.25) is 5.91 Å². The second-order valence-corrected chi connectivity index (χ2v) is 6.46. The predicted molar refractivity (Wildman–Crippen MR) is 80.1 cm³/mol. The number of hydrogen-bond donors (Lipinski definition) is 1. The van der Waals surface area contributed by atoms with Gasteiger partial charge in [0.15, 0.2) is 0 Å². The summed E-state index contributed by atoms with van der Waals surface area (Å²) in [5.74, 6) is 0.498. The van der Waals surface area contributed by atoms with Crippen LogP contribution in [0.1, 0.15) is 43.2 Å². The van der Waals surface area contributed by atoms with Gasteiger partial charge in [-0.25, -0.2) is 0 Å². The Morgan fingerprint density at radius 2 is 2.10 bits per heavy atom. The van der Waals surface area contributed by atoms with E-state index in [1.807, 2.05) is 0 Å². The Balaban J connectivity index is 1.71. The molecule has 2 atom stereocenters. The quantitative estimate of drug-likeness (QED) is 0.916. The molecule has 1 aromatic rings.